The number of nitrogens with zero attached hydrogens (tertiary/aromatic N) is 3. The van der Waals surface area contributed by atoms with Crippen LogP contribution in [0.4, 0.5) is 0 Å². The van der Waals surface area contributed by atoms with Gasteiger partial charge in [-0.3, -0.25) is 4.57 Å². The molecule has 1 N–H and O–H groups in total. The first kappa shape index (κ1) is 9.86. The molecule has 4 nitrogen and oxygen atoms in total. The van der Waals surface area contributed by atoms with Crippen molar-refractivity contribution in [1.82, 2.24) is 14.8 Å². The quantitative estimate of drug-likeness (QED) is 0.802. The van der Waals surface area contributed by atoms with Crippen LogP contribution in [0.1, 0.15) is 17.0 Å². The highest BCUT2D eigenvalue weighted by Crippen LogP contribution is 2.14. The molecule has 2 rings (SSSR count). The fourth-order valence-corrected chi connectivity index (χ4v) is 1.46. The predicted molar refractivity (Wildman–Crippen MR) is 56.8 cm³/mol. The van der Waals surface area contributed by atoms with Crippen LogP contribution in [0.3, 0.4) is 0 Å². The van der Waals surface area contributed by atoms with Gasteiger partial charge in [0.2, 0.25) is 0 Å². The summed E-state index contributed by atoms with van der Waals surface area (Å²) in [6.07, 6.45) is 1.61. The third-order valence-electron chi connectivity index (χ3n) is 2.53. The SMILES string of the molecule is Cc1ccc(-n2cnnc2CO)cc1C. The zero-order valence-corrected chi connectivity index (χ0v) is 8.81. The van der Waals surface area contributed by atoms with Crippen molar-refractivity contribution in [2.24, 2.45) is 0 Å². The van der Waals surface area contributed by atoms with Crippen LogP contribution < -0.4 is 0 Å². The Morgan fingerprint density at radius 3 is 2.73 bits per heavy atom. The predicted octanol–water partition coefficient (Wildman–Crippen LogP) is 1.38. The Kier molecular flexibility index (Phi) is 2.51. The first-order valence-electron chi connectivity index (χ1n) is 4.80. The molecular weight excluding hydrogens is 190 g/mol. The summed E-state index contributed by atoms with van der Waals surface area (Å²) in [5.41, 5.74) is 3.44. The summed E-state index contributed by atoms with van der Waals surface area (Å²) in [7, 11) is 0. The van der Waals surface area contributed by atoms with Gasteiger partial charge >= 0.3 is 0 Å². The van der Waals surface area contributed by atoms with Crippen LogP contribution in [0.25, 0.3) is 5.69 Å². The average Bonchev–Trinajstić information content (AvgIpc) is 2.70. The van der Waals surface area contributed by atoms with E-state index in [4.69, 9.17) is 5.11 Å². The molecule has 0 aliphatic heterocycles. The first-order valence-corrected chi connectivity index (χ1v) is 4.80. The molecule has 78 valence electrons. The van der Waals surface area contributed by atoms with E-state index in [-0.39, 0.29) is 6.61 Å². The van der Waals surface area contributed by atoms with Crippen molar-refractivity contribution in [3.8, 4) is 5.69 Å². The number of aryl methyl sites for hydroxylation is 2. The van der Waals surface area contributed by atoms with Crippen molar-refractivity contribution in [3.05, 3.63) is 41.5 Å². The second-order valence-corrected chi connectivity index (χ2v) is 3.54. The second-order valence-electron chi connectivity index (χ2n) is 3.54. The molecule has 0 spiro atoms. The molecule has 2 aromatic rings. The minimum atomic E-state index is -0.104. The van der Waals surface area contributed by atoms with E-state index in [0.29, 0.717) is 5.82 Å². The van der Waals surface area contributed by atoms with Gasteiger partial charge < -0.3 is 5.11 Å². The molecular formula is C11H13N3O. The fourth-order valence-electron chi connectivity index (χ4n) is 1.46. The van der Waals surface area contributed by atoms with Gasteiger partial charge in [0.05, 0.1) is 0 Å². The zero-order chi connectivity index (χ0) is 10.8. The average molecular weight is 203 g/mol. The van der Waals surface area contributed by atoms with Crippen LogP contribution in [0.5, 0.6) is 0 Å². The number of benzene rings is 1. The van der Waals surface area contributed by atoms with Crippen LogP contribution in [-0.2, 0) is 6.61 Å². The van der Waals surface area contributed by atoms with Crippen LogP contribution in [0.2, 0.25) is 0 Å². The smallest absolute Gasteiger partial charge is 0.163 e. The number of hydrogen-bond acceptors (Lipinski definition) is 3. The van der Waals surface area contributed by atoms with Crippen LogP contribution in [-0.4, -0.2) is 19.9 Å². The van der Waals surface area contributed by atoms with Crippen molar-refractivity contribution in [1.29, 1.82) is 0 Å². The molecule has 0 saturated heterocycles. The number of hydrogen-bond donors (Lipinski definition) is 1. The molecule has 1 aromatic heterocycles. The van der Waals surface area contributed by atoms with E-state index in [1.54, 1.807) is 10.9 Å². The molecule has 0 radical (unpaired) electrons. The molecule has 0 amide bonds. The highest BCUT2D eigenvalue weighted by Gasteiger charge is 2.05. The third-order valence-corrected chi connectivity index (χ3v) is 2.53. The van der Waals surface area contributed by atoms with Crippen LogP contribution in [0.15, 0.2) is 24.5 Å². The Morgan fingerprint density at radius 1 is 1.27 bits per heavy atom. The molecule has 0 atom stereocenters. The van der Waals surface area contributed by atoms with Gasteiger partial charge in [0.1, 0.15) is 12.9 Å². The summed E-state index contributed by atoms with van der Waals surface area (Å²) < 4.78 is 1.78. The van der Waals surface area contributed by atoms with Gasteiger partial charge in [-0.2, -0.15) is 0 Å². The number of aromatic nitrogens is 3. The topological polar surface area (TPSA) is 50.9 Å². The second kappa shape index (κ2) is 3.82. The van der Waals surface area contributed by atoms with E-state index in [9.17, 15) is 0 Å². The largest absolute Gasteiger partial charge is 0.388 e. The van der Waals surface area contributed by atoms with E-state index in [2.05, 4.69) is 30.1 Å². The molecule has 0 bridgehead atoms. The van der Waals surface area contributed by atoms with Crippen LogP contribution >= 0.6 is 0 Å². The standard InChI is InChI=1S/C11H13N3O/c1-8-3-4-10(5-9(8)2)14-7-12-13-11(14)6-15/h3-5,7,15H,6H2,1-2H3. The Morgan fingerprint density at radius 2 is 2.07 bits per heavy atom. The molecule has 0 fully saturated rings. The Hall–Kier alpha value is -1.68. The lowest BCUT2D eigenvalue weighted by molar-refractivity contribution is 0.269. The Bertz CT molecular complexity index is 476. The molecule has 0 aliphatic rings. The maximum absolute atomic E-state index is 9.07. The van der Waals surface area contributed by atoms with Gasteiger partial charge in [-0.25, -0.2) is 0 Å². The van der Waals surface area contributed by atoms with Gasteiger partial charge in [-0.05, 0) is 37.1 Å². The Labute approximate surface area is 88.2 Å². The number of aliphatic hydroxyl groups is 1. The van der Waals surface area contributed by atoms with Gasteiger partial charge in [0.15, 0.2) is 5.82 Å². The number of aliphatic hydroxyl groups excluding tert-OH is 1. The van der Waals surface area contributed by atoms with Crippen molar-refractivity contribution in [2.75, 3.05) is 0 Å². The normalized spacial score (nSPS) is 10.6. The van der Waals surface area contributed by atoms with Gasteiger partial charge in [-0.1, -0.05) is 6.07 Å². The van der Waals surface area contributed by atoms with Crippen molar-refractivity contribution < 1.29 is 5.11 Å². The molecule has 1 aromatic carbocycles. The highest BCUT2D eigenvalue weighted by atomic mass is 16.3. The molecule has 0 saturated carbocycles. The first-order chi connectivity index (χ1) is 7.22. The summed E-state index contributed by atoms with van der Waals surface area (Å²) in [6.45, 7) is 4.02. The Balaban J connectivity index is 2.50. The summed E-state index contributed by atoms with van der Waals surface area (Å²) in [5, 5.41) is 16.7. The lowest BCUT2D eigenvalue weighted by atomic mass is 10.1. The van der Waals surface area contributed by atoms with Gasteiger partial charge in [-0.15, -0.1) is 10.2 Å². The van der Waals surface area contributed by atoms with Gasteiger partial charge in [0.25, 0.3) is 0 Å². The van der Waals surface area contributed by atoms with Crippen LogP contribution in [0, 0.1) is 13.8 Å². The minimum absolute atomic E-state index is 0.104. The summed E-state index contributed by atoms with van der Waals surface area (Å²) >= 11 is 0. The van der Waals surface area contributed by atoms with E-state index in [1.165, 1.54) is 11.1 Å². The van der Waals surface area contributed by atoms with E-state index < -0.39 is 0 Å². The van der Waals surface area contributed by atoms with Crippen molar-refractivity contribution >= 4 is 0 Å². The van der Waals surface area contributed by atoms with E-state index in [1.807, 2.05) is 12.1 Å². The molecule has 4 heteroatoms. The molecule has 15 heavy (non-hydrogen) atoms. The third kappa shape index (κ3) is 1.76. The summed E-state index contributed by atoms with van der Waals surface area (Å²) in [5.74, 6) is 0.554. The summed E-state index contributed by atoms with van der Waals surface area (Å²) in [6, 6.07) is 6.09. The zero-order valence-electron chi connectivity index (χ0n) is 8.81. The summed E-state index contributed by atoms with van der Waals surface area (Å²) in [4.78, 5) is 0. The highest BCUT2D eigenvalue weighted by molar-refractivity contribution is 5.39. The molecule has 0 unspecified atom stereocenters. The fraction of sp³-hybridized carbons (Fsp3) is 0.273. The molecule has 1 heterocycles. The minimum Gasteiger partial charge on any atom is -0.388 e. The van der Waals surface area contributed by atoms with E-state index in [0.717, 1.165) is 5.69 Å². The monoisotopic (exact) mass is 203 g/mol. The van der Waals surface area contributed by atoms with Crippen molar-refractivity contribution in [2.45, 2.75) is 20.5 Å². The van der Waals surface area contributed by atoms with Crippen molar-refractivity contribution in [3.63, 3.8) is 0 Å². The lowest BCUT2D eigenvalue weighted by Crippen LogP contribution is -2.00. The maximum Gasteiger partial charge on any atom is 0.163 e. The maximum atomic E-state index is 9.07. The lowest BCUT2D eigenvalue weighted by Gasteiger charge is -2.07. The number of rotatable bonds is 2. The molecule has 0 aliphatic carbocycles. The van der Waals surface area contributed by atoms with Gasteiger partial charge in [0, 0.05) is 5.69 Å². The van der Waals surface area contributed by atoms with E-state index >= 15 is 0 Å².